The Hall–Kier alpha value is -0.800. The van der Waals surface area contributed by atoms with E-state index in [1.165, 1.54) is 24.3 Å². The highest BCUT2D eigenvalue weighted by molar-refractivity contribution is 9.11. The van der Waals surface area contributed by atoms with E-state index in [4.69, 9.17) is 5.11 Å². The van der Waals surface area contributed by atoms with Gasteiger partial charge in [0.05, 0.1) is 10.4 Å². The minimum atomic E-state index is -3.76. The number of rotatable bonds is 5. The van der Waals surface area contributed by atoms with Gasteiger partial charge in [0, 0.05) is 10.9 Å². The van der Waals surface area contributed by atoms with Gasteiger partial charge in [-0.25, -0.2) is 17.5 Å². The number of sulfonamides is 1. The van der Waals surface area contributed by atoms with Crippen LogP contribution in [0.4, 0.5) is 4.39 Å². The van der Waals surface area contributed by atoms with Crippen LogP contribution in [0.25, 0.3) is 0 Å². The number of hydrogen-bond donors (Lipinski definition) is 2. The maximum absolute atomic E-state index is 13.2. The van der Waals surface area contributed by atoms with E-state index in [2.05, 4.69) is 20.7 Å². The zero-order valence-electron chi connectivity index (χ0n) is 11.0. The van der Waals surface area contributed by atoms with Gasteiger partial charge in [-0.15, -0.1) is 11.3 Å². The third-order valence-corrected chi connectivity index (χ3v) is 6.61. The van der Waals surface area contributed by atoms with Crippen LogP contribution in [0, 0.1) is 5.82 Å². The molecule has 0 aliphatic rings. The summed E-state index contributed by atoms with van der Waals surface area (Å²) in [5, 5.41) is 9.06. The number of nitrogens with one attached hydrogen (secondary N) is 1. The Labute approximate surface area is 134 Å². The first-order valence-corrected chi connectivity index (χ1v) is 9.09. The largest absolute Gasteiger partial charge is 0.391 e. The average Bonchev–Trinajstić information content (AvgIpc) is 2.80. The minimum absolute atomic E-state index is 0.0693. The van der Waals surface area contributed by atoms with E-state index in [0.717, 1.165) is 11.3 Å². The molecule has 1 aromatic heterocycles. The van der Waals surface area contributed by atoms with E-state index in [1.54, 1.807) is 13.0 Å². The molecule has 0 saturated carbocycles. The van der Waals surface area contributed by atoms with Gasteiger partial charge < -0.3 is 5.11 Å². The summed E-state index contributed by atoms with van der Waals surface area (Å²) in [7, 11) is -3.76. The van der Waals surface area contributed by atoms with E-state index in [1.807, 2.05) is 0 Å². The number of thiophene rings is 1. The Balaban J connectivity index is 2.26. The molecule has 2 N–H and O–H groups in total. The van der Waals surface area contributed by atoms with Crippen molar-refractivity contribution in [2.24, 2.45) is 0 Å². The smallest absolute Gasteiger partial charge is 0.243 e. The van der Waals surface area contributed by atoms with Crippen LogP contribution in [0.2, 0.25) is 0 Å². The molecule has 0 bridgehead atoms. The predicted octanol–water partition coefficient (Wildman–Crippen LogP) is 3.18. The van der Waals surface area contributed by atoms with Crippen molar-refractivity contribution in [3.05, 3.63) is 50.4 Å². The predicted molar refractivity (Wildman–Crippen MR) is 83.1 cm³/mol. The van der Waals surface area contributed by atoms with Crippen molar-refractivity contribution in [3.63, 3.8) is 0 Å². The molecule has 4 nitrogen and oxygen atoms in total. The molecule has 0 saturated heterocycles. The van der Waals surface area contributed by atoms with Crippen molar-refractivity contribution in [1.82, 2.24) is 4.72 Å². The van der Waals surface area contributed by atoms with Crippen molar-refractivity contribution in [2.75, 3.05) is 0 Å². The second-order valence-corrected chi connectivity index (χ2v) is 8.54. The second kappa shape index (κ2) is 6.53. The van der Waals surface area contributed by atoms with Gasteiger partial charge in [-0.1, -0.05) is 12.1 Å². The SMILES string of the molecule is CC(NS(=O)(=O)c1cc(CO)sc1Br)c1cccc(F)c1. The van der Waals surface area contributed by atoms with Crippen molar-refractivity contribution >= 4 is 37.3 Å². The fraction of sp³-hybridized carbons (Fsp3) is 0.231. The second-order valence-electron chi connectivity index (χ2n) is 4.41. The van der Waals surface area contributed by atoms with Gasteiger partial charge in [-0.3, -0.25) is 0 Å². The molecule has 1 aromatic carbocycles. The number of benzene rings is 1. The molecule has 1 heterocycles. The molecule has 1 unspecified atom stereocenters. The summed E-state index contributed by atoms with van der Waals surface area (Å²) >= 11 is 4.33. The first-order chi connectivity index (χ1) is 9.83. The van der Waals surface area contributed by atoms with Crippen molar-refractivity contribution < 1.29 is 17.9 Å². The van der Waals surface area contributed by atoms with Crippen LogP contribution in [0.15, 0.2) is 39.0 Å². The zero-order chi connectivity index (χ0) is 15.6. The summed E-state index contributed by atoms with van der Waals surface area (Å²) in [6, 6.07) is 6.60. The third-order valence-electron chi connectivity index (χ3n) is 2.83. The molecule has 0 fully saturated rings. The Morgan fingerprint density at radius 2 is 2.14 bits per heavy atom. The maximum Gasteiger partial charge on any atom is 0.243 e. The van der Waals surface area contributed by atoms with Crippen LogP contribution >= 0.6 is 27.3 Å². The van der Waals surface area contributed by atoms with Crippen LogP contribution in [0.1, 0.15) is 23.4 Å². The Morgan fingerprint density at radius 3 is 2.71 bits per heavy atom. The monoisotopic (exact) mass is 393 g/mol. The van der Waals surface area contributed by atoms with Crippen LogP contribution in [-0.2, 0) is 16.6 Å². The van der Waals surface area contributed by atoms with Crippen LogP contribution in [0.5, 0.6) is 0 Å². The van der Waals surface area contributed by atoms with Gasteiger partial charge in [-0.05, 0) is 46.6 Å². The topological polar surface area (TPSA) is 66.4 Å². The van der Waals surface area contributed by atoms with E-state index >= 15 is 0 Å². The molecule has 0 amide bonds. The normalized spacial score (nSPS) is 13.3. The summed E-state index contributed by atoms with van der Waals surface area (Å²) < 4.78 is 40.8. The molecule has 1 atom stereocenters. The summed E-state index contributed by atoms with van der Waals surface area (Å²) in [5.41, 5.74) is 0.535. The van der Waals surface area contributed by atoms with Gasteiger partial charge in [0.2, 0.25) is 10.0 Å². The Morgan fingerprint density at radius 1 is 1.43 bits per heavy atom. The lowest BCUT2D eigenvalue weighted by Crippen LogP contribution is -2.26. The highest BCUT2D eigenvalue weighted by Gasteiger charge is 2.23. The molecule has 2 rings (SSSR count). The Bertz CT molecular complexity index is 746. The molecular weight excluding hydrogens is 381 g/mol. The van der Waals surface area contributed by atoms with E-state index in [9.17, 15) is 12.8 Å². The number of halogens is 2. The fourth-order valence-electron chi connectivity index (χ4n) is 1.80. The van der Waals surface area contributed by atoms with Gasteiger partial charge in [0.15, 0.2) is 0 Å². The van der Waals surface area contributed by atoms with Gasteiger partial charge in [-0.2, -0.15) is 0 Å². The molecule has 8 heteroatoms. The van der Waals surface area contributed by atoms with Crippen LogP contribution < -0.4 is 4.72 Å². The molecule has 114 valence electrons. The summed E-state index contributed by atoms with van der Waals surface area (Å²) in [4.78, 5) is 0.612. The van der Waals surface area contributed by atoms with Crippen molar-refractivity contribution in [1.29, 1.82) is 0 Å². The van der Waals surface area contributed by atoms with Gasteiger partial charge >= 0.3 is 0 Å². The number of hydrogen-bond acceptors (Lipinski definition) is 4. The maximum atomic E-state index is 13.2. The van der Waals surface area contributed by atoms with Crippen LogP contribution in [-0.4, -0.2) is 13.5 Å². The van der Waals surface area contributed by atoms with E-state index in [-0.39, 0.29) is 11.5 Å². The molecule has 0 aliphatic heterocycles. The van der Waals surface area contributed by atoms with E-state index in [0.29, 0.717) is 14.2 Å². The average molecular weight is 394 g/mol. The van der Waals surface area contributed by atoms with E-state index < -0.39 is 21.9 Å². The summed E-state index contributed by atoms with van der Waals surface area (Å²) in [6.07, 6.45) is 0. The highest BCUT2D eigenvalue weighted by Crippen LogP contribution is 2.32. The van der Waals surface area contributed by atoms with Gasteiger partial charge in [0.1, 0.15) is 10.7 Å². The number of aliphatic hydroxyl groups is 1. The highest BCUT2D eigenvalue weighted by atomic mass is 79.9. The van der Waals surface area contributed by atoms with Crippen LogP contribution in [0.3, 0.4) is 0 Å². The first-order valence-electron chi connectivity index (χ1n) is 6.00. The lowest BCUT2D eigenvalue weighted by Gasteiger charge is -2.14. The van der Waals surface area contributed by atoms with Crippen molar-refractivity contribution in [3.8, 4) is 0 Å². The number of aliphatic hydroxyl groups excluding tert-OH is 1. The molecule has 21 heavy (non-hydrogen) atoms. The van der Waals surface area contributed by atoms with Crippen molar-refractivity contribution in [2.45, 2.75) is 24.5 Å². The Kier molecular flexibility index (Phi) is 5.15. The standard InChI is InChI=1S/C13H13BrFNO3S2/c1-8(9-3-2-4-10(15)5-9)16-21(18,19)12-6-11(7-17)20-13(12)14/h2-6,8,16-17H,7H2,1H3. The first kappa shape index (κ1) is 16.6. The summed E-state index contributed by atoms with van der Waals surface area (Å²) in [5.74, 6) is -0.419. The minimum Gasteiger partial charge on any atom is -0.391 e. The molecule has 2 aromatic rings. The zero-order valence-corrected chi connectivity index (χ0v) is 14.2. The summed E-state index contributed by atoms with van der Waals surface area (Å²) in [6.45, 7) is 1.41. The molecule has 0 radical (unpaired) electrons. The molecular formula is C13H13BrFNO3S2. The lowest BCUT2D eigenvalue weighted by molar-refractivity contribution is 0.285. The molecule has 0 spiro atoms. The quantitative estimate of drug-likeness (QED) is 0.819. The fourth-order valence-corrected chi connectivity index (χ4v) is 5.57. The lowest BCUT2D eigenvalue weighted by atomic mass is 10.1. The third kappa shape index (κ3) is 3.89. The van der Waals surface area contributed by atoms with Gasteiger partial charge in [0.25, 0.3) is 0 Å². The molecule has 0 aliphatic carbocycles.